The number of hydrogen-bond donors (Lipinski definition) is 0. The highest BCUT2D eigenvalue weighted by Gasteiger charge is 2.21. The Morgan fingerprint density at radius 2 is 2.04 bits per heavy atom. The molecule has 1 atom stereocenters. The monoisotopic (exact) mass is 346 g/mol. The lowest BCUT2D eigenvalue weighted by Crippen LogP contribution is -2.17. The Hall–Kier alpha value is -2.14. The number of benzene rings is 1. The second-order valence-corrected chi connectivity index (χ2v) is 6.64. The minimum atomic E-state index is -0.613. The maximum absolute atomic E-state index is 12.5. The number of esters is 1. The Kier molecular flexibility index (Phi) is 6.15. The summed E-state index contributed by atoms with van der Waals surface area (Å²) >= 11 is 1.44. The number of methoxy groups -OCH3 is 2. The highest BCUT2D eigenvalue weighted by atomic mass is 32.1. The average molecular weight is 346 g/mol. The second-order valence-electron chi connectivity index (χ2n) is 5.56. The molecule has 2 aromatic rings. The molecule has 0 spiro atoms. The van der Waals surface area contributed by atoms with Crippen molar-refractivity contribution in [3.05, 3.63) is 41.3 Å². The van der Waals surface area contributed by atoms with E-state index >= 15 is 0 Å². The molecule has 5 heteroatoms. The van der Waals surface area contributed by atoms with Crippen LogP contribution in [0.25, 0.3) is 10.1 Å². The topological polar surface area (TPSA) is 52.6 Å². The van der Waals surface area contributed by atoms with Crippen molar-refractivity contribution in [2.75, 3.05) is 14.2 Å². The Morgan fingerprint density at radius 1 is 1.29 bits per heavy atom. The molecule has 0 amide bonds. The number of fused-ring (bicyclic) bond motifs is 1. The maximum Gasteiger partial charge on any atom is 0.312 e. The lowest BCUT2D eigenvalue weighted by atomic mass is 10.0. The van der Waals surface area contributed by atoms with Gasteiger partial charge in [-0.2, -0.15) is 0 Å². The van der Waals surface area contributed by atoms with Crippen molar-refractivity contribution in [2.24, 2.45) is 5.92 Å². The van der Waals surface area contributed by atoms with Crippen LogP contribution in [0, 0.1) is 5.92 Å². The summed E-state index contributed by atoms with van der Waals surface area (Å²) in [6, 6.07) is 5.92. The Balaban J connectivity index is 2.31. The third kappa shape index (κ3) is 3.85. The SMILES string of the molecule is C=C[C@@H](CC(=O)c1cc2cc(OC)c(CCC)cc2s1)C(=O)OC. The third-order valence-corrected chi connectivity index (χ3v) is 5.05. The molecule has 0 saturated carbocycles. The van der Waals surface area contributed by atoms with Gasteiger partial charge in [-0.3, -0.25) is 9.59 Å². The molecule has 0 aliphatic rings. The molecule has 0 radical (unpaired) electrons. The van der Waals surface area contributed by atoms with Gasteiger partial charge >= 0.3 is 5.97 Å². The van der Waals surface area contributed by atoms with Crippen LogP contribution in [-0.4, -0.2) is 26.0 Å². The molecule has 0 bridgehead atoms. The van der Waals surface area contributed by atoms with Gasteiger partial charge in [0.25, 0.3) is 0 Å². The lowest BCUT2D eigenvalue weighted by Gasteiger charge is -2.07. The van der Waals surface area contributed by atoms with Gasteiger partial charge < -0.3 is 9.47 Å². The van der Waals surface area contributed by atoms with Crippen LogP contribution in [0.2, 0.25) is 0 Å². The first kappa shape index (κ1) is 18.2. The van der Waals surface area contributed by atoms with Gasteiger partial charge in [0.2, 0.25) is 0 Å². The van der Waals surface area contributed by atoms with Crippen LogP contribution in [0.15, 0.2) is 30.9 Å². The molecule has 1 aromatic carbocycles. The van der Waals surface area contributed by atoms with Gasteiger partial charge in [-0.15, -0.1) is 17.9 Å². The van der Waals surface area contributed by atoms with Gasteiger partial charge in [0, 0.05) is 11.1 Å². The van der Waals surface area contributed by atoms with Crippen molar-refractivity contribution in [1.82, 2.24) is 0 Å². The van der Waals surface area contributed by atoms with E-state index in [1.165, 1.54) is 24.5 Å². The van der Waals surface area contributed by atoms with E-state index in [0.29, 0.717) is 4.88 Å². The van der Waals surface area contributed by atoms with Gasteiger partial charge in [-0.1, -0.05) is 19.4 Å². The number of ketones is 1. The van der Waals surface area contributed by atoms with E-state index in [2.05, 4.69) is 19.6 Å². The standard InChI is InChI=1S/C19H22O4S/c1-5-7-13-10-17-14(9-16(13)22-3)11-18(24-17)15(20)8-12(6-2)19(21)23-4/h6,9-12H,2,5,7-8H2,1,3-4H3/t12-/m0/s1. The molecule has 128 valence electrons. The molecular formula is C19H22O4S. The minimum absolute atomic E-state index is 0.0714. The number of aryl methyl sites for hydroxylation is 1. The van der Waals surface area contributed by atoms with Gasteiger partial charge in [0.15, 0.2) is 5.78 Å². The van der Waals surface area contributed by atoms with Crippen LogP contribution in [0.1, 0.15) is 35.0 Å². The smallest absolute Gasteiger partial charge is 0.312 e. The molecule has 24 heavy (non-hydrogen) atoms. The van der Waals surface area contributed by atoms with Gasteiger partial charge in [-0.05, 0) is 35.6 Å². The minimum Gasteiger partial charge on any atom is -0.496 e. The summed E-state index contributed by atoms with van der Waals surface area (Å²) in [6.45, 7) is 5.73. The normalized spacial score (nSPS) is 12.0. The van der Waals surface area contributed by atoms with E-state index < -0.39 is 11.9 Å². The Morgan fingerprint density at radius 3 is 2.62 bits per heavy atom. The fourth-order valence-electron chi connectivity index (χ4n) is 2.61. The van der Waals surface area contributed by atoms with Crippen molar-refractivity contribution in [1.29, 1.82) is 0 Å². The van der Waals surface area contributed by atoms with Crippen molar-refractivity contribution >= 4 is 33.2 Å². The van der Waals surface area contributed by atoms with Crippen LogP contribution in [0.4, 0.5) is 0 Å². The first-order valence-electron chi connectivity index (χ1n) is 7.88. The van der Waals surface area contributed by atoms with Crippen LogP contribution in [-0.2, 0) is 16.0 Å². The zero-order valence-electron chi connectivity index (χ0n) is 14.3. The Bertz CT molecular complexity index is 760. The molecule has 2 rings (SSSR count). The Labute approximate surface area is 146 Å². The van der Waals surface area contributed by atoms with Crippen molar-refractivity contribution in [3.8, 4) is 5.75 Å². The van der Waals surface area contributed by atoms with Crippen LogP contribution in [0.5, 0.6) is 5.75 Å². The molecule has 1 heterocycles. The molecular weight excluding hydrogens is 324 g/mol. The summed E-state index contributed by atoms with van der Waals surface area (Å²) in [5.41, 5.74) is 1.15. The first-order valence-corrected chi connectivity index (χ1v) is 8.69. The molecule has 0 aliphatic carbocycles. The number of Topliss-reactive ketones (excluding diaryl/α,β-unsaturated/α-hetero) is 1. The summed E-state index contributed by atoms with van der Waals surface area (Å²) in [5, 5.41) is 0.980. The number of ether oxygens (including phenoxy) is 2. The zero-order chi connectivity index (χ0) is 17.7. The molecule has 0 N–H and O–H groups in total. The number of carbonyl (C=O) groups is 2. The van der Waals surface area contributed by atoms with Crippen molar-refractivity contribution in [2.45, 2.75) is 26.2 Å². The molecule has 0 unspecified atom stereocenters. The molecule has 4 nitrogen and oxygen atoms in total. The number of rotatable bonds is 8. The number of hydrogen-bond acceptors (Lipinski definition) is 5. The van der Waals surface area contributed by atoms with Crippen LogP contribution < -0.4 is 4.74 Å². The molecule has 0 aliphatic heterocycles. The van der Waals surface area contributed by atoms with E-state index in [1.807, 2.05) is 12.1 Å². The molecule has 0 saturated heterocycles. The highest BCUT2D eigenvalue weighted by Crippen LogP contribution is 2.33. The van der Waals surface area contributed by atoms with Gasteiger partial charge in [0.05, 0.1) is 25.0 Å². The highest BCUT2D eigenvalue weighted by molar-refractivity contribution is 7.20. The lowest BCUT2D eigenvalue weighted by molar-refractivity contribution is -0.143. The number of carbonyl (C=O) groups excluding carboxylic acids is 2. The van der Waals surface area contributed by atoms with Gasteiger partial charge in [0.1, 0.15) is 5.75 Å². The summed E-state index contributed by atoms with van der Waals surface area (Å²) in [7, 11) is 2.97. The van der Waals surface area contributed by atoms with E-state index in [0.717, 1.165) is 34.2 Å². The quantitative estimate of drug-likeness (QED) is 0.404. The van der Waals surface area contributed by atoms with Gasteiger partial charge in [-0.25, -0.2) is 0 Å². The molecule has 0 fully saturated rings. The van der Waals surface area contributed by atoms with Crippen molar-refractivity contribution in [3.63, 3.8) is 0 Å². The van der Waals surface area contributed by atoms with Crippen LogP contribution in [0.3, 0.4) is 0 Å². The predicted octanol–water partition coefficient (Wildman–Crippen LogP) is 4.41. The first-order chi connectivity index (χ1) is 11.5. The fraction of sp³-hybridized carbons (Fsp3) is 0.368. The summed E-state index contributed by atoms with van der Waals surface area (Å²) in [6.07, 6.45) is 3.49. The zero-order valence-corrected chi connectivity index (χ0v) is 15.1. The summed E-state index contributed by atoms with van der Waals surface area (Å²) < 4.78 is 11.2. The van der Waals surface area contributed by atoms with E-state index in [4.69, 9.17) is 9.47 Å². The van der Waals surface area contributed by atoms with Crippen molar-refractivity contribution < 1.29 is 19.1 Å². The third-order valence-electron chi connectivity index (χ3n) is 3.91. The largest absolute Gasteiger partial charge is 0.496 e. The fourth-order valence-corrected chi connectivity index (χ4v) is 3.67. The summed E-state index contributed by atoms with van der Waals surface area (Å²) in [5.74, 6) is -0.286. The maximum atomic E-state index is 12.5. The number of thiophene rings is 1. The van der Waals surface area contributed by atoms with E-state index in [-0.39, 0.29) is 12.2 Å². The van der Waals surface area contributed by atoms with Crippen LogP contribution >= 0.6 is 11.3 Å². The predicted molar refractivity (Wildman–Crippen MR) is 97.0 cm³/mol. The average Bonchev–Trinajstić information content (AvgIpc) is 3.01. The summed E-state index contributed by atoms with van der Waals surface area (Å²) in [4.78, 5) is 24.8. The second kappa shape index (κ2) is 8.11. The van der Waals surface area contributed by atoms with E-state index in [1.54, 1.807) is 7.11 Å². The molecule has 1 aromatic heterocycles. The van der Waals surface area contributed by atoms with E-state index in [9.17, 15) is 9.59 Å².